The fraction of sp³-hybridized carbons (Fsp3) is 0.316. The van der Waals surface area contributed by atoms with Gasteiger partial charge in [0.05, 0.1) is 12.6 Å². The predicted molar refractivity (Wildman–Crippen MR) is 95.5 cm³/mol. The van der Waals surface area contributed by atoms with E-state index >= 15 is 0 Å². The number of nitrogens with one attached hydrogen (secondary N) is 1. The number of primary amides is 1. The molecular weight excluding hydrogens is 320 g/mol. The Bertz CT molecular complexity index is 716. The Morgan fingerprint density at radius 3 is 2.36 bits per heavy atom. The Morgan fingerprint density at radius 2 is 1.80 bits per heavy atom. The molecule has 2 aromatic rings. The van der Waals surface area contributed by atoms with Crippen LogP contribution in [0.25, 0.3) is 0 Å². The van der Waals surface area contributed by atoms with Gasteiger partial charge in [0.25, 0.3) is 0 Å². The van der Waals surface area contributed by atoms with Crippen LogP contribution >= 0.6 is 0 Å². The average molecular weight is 344 g/mol. The first kappa shape index (κ1) is 18.8. The van der Waals surface area contributed by atoms with Gasteiger partial charge in [0, 0.05) is 11.6 Å². The van der Waals surface area contributed by atoms with Gasteiger partial charge in [-0.2, -0.15) is 0 Å². The lowest BCUT2D eigenvalue weighted by Crippen LogP contribution is -2.33. The number of aliphatic hydroxyl groups is 1. The molecule has 6 N–H and O–H groups in total. The van der Waals surface area contributed by atoms with E-state index in [0.717, 1.165) is 18.4 Å². The summed E-state index contributed by atoms with van der Waals surface area (Å²) in [5.41, 5.74) is 7.52. The van der Waals surface area contributed by atoms with Crippen LogP contribution in [0.5, 0.6) is 11.5 Å². The molecular formula is C19H24N2O4. The van der Waals surface area contributed by atoms with Gasteiger partial charge >= 0.3 is 0 Å². The van der Waals surface area contributed by atoms with Crippen LogP contribution in [0.2, 0.25) is 0 Å². The molecule has 0 fully saturated rings. The van der Waals surface area contributed by atoms with Gasteiger partial charge in [-0.05, 0) is 55.2 Å². The van der Waals surface area contributed by atoms with E-state index in [1.807, 2.05) is 19.1 Å². The van der Waals surface area contributed by atoms with Gasteiger partial charge in [0.1, 0.15) is 0 Å². The smallest absolute Gasteiger partial charge is 0.248 e. The second-order valence-corrected chi connectivity index (χ2v) is 6.15. The molecule has 6 heteroatoms. The third-order valence-corrected chi connectivity index (χ3v) is 4.17. The van der Waals surface area contributed by atoms with Crippen molar-refractivity contribution < 1.29 is 20.1 Å². The minimum Gasteiger partial charge on any atom is -0.504 e. The largest absolute Gasteiger partial charge is 0.504 e. The van der Waals surface area contributed by atoms with E-state index in [1.54, 1.807) is 18.2 Å². The zero-order valence-corrected chi connectivity index (χ0v) is 14.1. The van der Waals surface area contributed by atoms with Crippen molar-refractivity contribution in [2.24, 2.45) is 5.73 Å². The molecule has 134 valence electrons. The van der Waals surface area contributed by atoms with E-state index in [9.17, 15) is 20.1 Å². The second-order valence-electron chi connectivity index (χ2n) is 6.15. The van der Waals surface area contributed by atoms with Gasteiger partial charge < -0.3 is 26.4 Å². The number of nitrogens with two attached hydrogens (primary N) is 1. The molecule has 0 aromatic heterocycles. The highest BCUT2D eigenvalue weighted by Crippen LogP contribution is 2.28. The van der Waals surface area contributed by atoms with Crippen molar-refractivity contribution in [2.45, 2.75) is 31.8 Å². The molecule has 0 aliphatic rings. The summed E-state index contributed by atoms with van der Waals surface area (Å²) in [6, 6.07) is 11.5. The first-order chi connectivity index (χ1) is 11.9. The van der Waals surface area contributed by atoms with Crippen LogP contribution in [0.4, 0.5) is 0 Å². The Hall–Kier alpha value is -2.57. The molecule has 2 unspecified atom stereocenters. The van der Waals surface area contributed by atoms with Gasteiger partial charge in [-0.15, -0.1) is 0 Å². The number of carbonyl (C=O) groups is 1. The summed E-state index contributed by atoms with van der Waals surface area (Å²) >= 11 is 0. The molecule has 0 radical (unpaired) electrons. The highest BCUT2D eigenvalue weighted by Gasteiger charge is 2.15. The summed E-state index contributed by atoms with van der Waals surface area (Å²) in [6.07, 6.45) is 1.64. The predicted octanol–water partition coefficient (Wildman–Crippen LogP) is 1.84. The van der Waals surface area contributed by atoms with E-state index in [0.29, 0.717) is 11.1 Å². The Balaban J connectivity index is 1.92. The first-order valence-corrected chi connectivity index (χ1v) is 8.18. The number of carbonyl (C=O) groups excluding carboxylic acids is 1. The van der Waals surface area contributed by atoms with Crippen LogP contribution in [-0.2, 0) is 6.42 Å². The number of phenolic OH excluding ortho intramolecular Hbond substituents is 2. The number of aryl methyl sites for hydroxylation is 1. The quantitative estimate of drug-likeness (QED) is 0.469. The Kier molecular flexibility index (Phi) is 6.38. The summed E-state index contributed by atoms with van der Waals surface area (Å²) in [6.45, 7) is 1.89. The Labute approximate surface area is 146 Å². The van der Waals surface area contributed by atoms with Gasteiger partial charge in [0.15, 0.2) is 11.5 Å². The Morgan fingerprint density at radius 1 is 1.12 bits per heavy atom. The number of hydrogen-bond acceptors (Lipinski definition) is 5. The number of phenols is 2. The maximum absolute atomic E-state index is 11.1. The zero-order chi connectivity index (χ0) is 18.4. The zero-order valence-electron chi connectivity index (χ0n) is 14.1. The van der Waals surface area contributed by atoms with Crippen molar-refractivity contribution in [2.75, 3.05) is 6.61 Å². The van der Waals surface area contributed by atoms with Crippen molar-refractivity contribution in [3.8, 4) is 11.5 Å². The number of aliphatic hydroxyl groups excluding tert-OH is 1. The lowest BCUT2D eigenvalue weighted by molar-refractivity contribution is 0.100. The second kappa shape index (κ2) is 8.50. The van der Waals surface area contributed by atoms with Crippen molar-refractivity contribution >= 4 is 5.91 Å². The topological polar surface area (TPSA) is 116 Å². The summed E-state index contributed by atoms with van der Waals surface area (Å²) < 4.78 is 0. The molecule has 0 spiro atoms. The summed E-state index contributed by atoms with van der Waals surface area (Å²) in [5.74, 6) is -0.836. The molecule has 0 saturated carbocycles. The van der Waals surface area contributed by atoms with Crippen LogP contribution < -0.4 is 11.1 Å². The standard InChI is InChI=1S/C19H24N2O4/c1-12(2-3-13-4-6-14(7-5-13)19(20)25)21-16(11-22)15-8-9-17(23)18(24)10-15/h4-10,12,16,21-24H,2-3,11H2,1H3,(H2,20,25). The average Bonchev–Trinajstić information content (AvgIpc) is 2.60. The molecule has 0 aliphatic carbocycles. The van der Waals surface area contributed by atoms with Crippen molar-refractivity contribution in [1.82, 2.24) is 5.32 Å². The van der Waals surface area contributed by atoms with Crippen LogP contribution in [-0.4, -0.2) is 33.9 Å². The normalized spacial score (nSPS) is 13.4. The summed E-state index contributed by atoms with van der Waals surface area (Å²) in [7, 11) is 0. The molecule has 0 bridgehead atoms. The number of aromatic hydroxyl groups is 2. The molecule has 2 aromatic carbocycles. The van der Waals surface area contributed by atoms with Crippen molar-refractivity contribution in [3.05, 3.63) is 59.2 Å². The fourth-order valence-corrected chi connectivity index (χ4v) is 2.66. The lowest BCUT2D eigenvalue weighted by atomic mass is 10.0. The maximum atomic E-state index is 11.1. The summed E-state index contributed by atoms with van der Waals surface area (Å²) in [5, 5.41) is 31.9. The van der Waals surface area contributed by atoms with Gasteiger partial charge in [-0.25, -0.2) is 0 Å². The highest BCUT2D eigenvalue weighted by atomic mass is 16.3. The van der Waals surface area contributed by atoms with Gasteiger partial charge in [-0.3, -0.25) is 4.79 Å². The number of hydrogen-bond donors (Lipinski definition) is 5. The maximum Gasteiger partial charge on any atom is 0.248 e. The van der Waals surface area contributed by atoms with Crippen molar-refractivity contribution in [1.29, 1.82) is 0 Å². The molecule has 25 heavy (non-hydrogen) atoms. The number of amides is 1. The van der Waals surface area contributed by atoms with E-state index in [-0.39, 0.29) is 30.2 Å². The third-order valence-electron chi connectivity index (χ3n) is 4.17. The fourth-order valence-electron chi connectivity index (χ4n) is 2.66. The molecule has 2 rings (SSSR count). The van der Waals surface area contributed by atoms with E-state index in [4.69, 9.17) is 5.73 Å². The van der Waals surface area contributed by atoms with Crippen LogP contribution in [0.3, 0.4) is 0 Å². The molecule has 6 nitrogen and oxygen atoms in total. The molecule has 0 heterocycles. The third kappa shape index (κ3) is 5.20. The van der Waals surface area contributed by atoms with Crippen LogP contribution in [0.15, 0.2) is 42.5 Å². The highest BCUT2D eigenvalue weighted by molar-refractivity contribution is 5.92. The van der Waals surface area contributed by atoms with Crippen molar-refractivity contribution in [3.63, 3.8) is 0 Å². The SMILES string of the molecule is CC(CCc1ccc(C(N)=O)cc1)NC(CO)c1ccc(O)c(O)c1. The summed E-state index contributed by atoms with van der Waals surface area (Å²) in [4.78, 5) is 11.1. The van der Waals surface area contributed by atoms with E-state index in [2.05, 4.69) is 5.32 Å². The molecule has 0 aliphatic heterocycles. The van der Waals surface area contributed by atoms with E-state index < -0.39 is 5.91 Å². The molecule has 1 amide bonds. The van der Waals surface area contributed by atoms with Crippen LogP contribution in [0.1, 0.15) is 40.9 Å². The minimum absolute atomic E-state index is 0.115. The minimum atomic E-state index is -0.440. The molecule has 2 atom stereocenters. The lowest BCUT2D eigenvalue weighted by Gasteiger charge is -2.22. The number of benzene rings is 2. The van der Waals surface area contributed by atoms with Gasteiger partial charge in [0.2, 0.25) is 5.91 Å². The van der Waals surface area contributed by atoms with Crippen LogP contribution in [0, 0.1) is 0 Å². The molecule has 0 saturated heterocycles. The van der Waals surface area contributed by atoms with Gasteiger partial charge in [-0.1, -0.05) is 18.2 Å². The monoisotopic (exact) mass is 344 g/mol. The van der Waals surface area contributed by atoms with E-state index in [1.165, 1.54) is 12.1 Å². The number of rotatable bonds is 8. The first-order valence-electron chi connectivity index (χ1n) is 8.18.